The van der Waals surface area contributed by atoms with Crippen molar-refractivity contribution in [1.29, 1.82) is 0 Å². The zero-order valence-electron chi connectivity index (χ0n) is 18.4. The van der Waals surface area contributed by atoms with Gasteiger partial charge < -0.3 is 15.3 Å². The second kappa shape index (κ2) is 13.2. The molecule has 3 N–H and O–H groups in total. The average molecular weight is 429 g/mol. The number of aliphatic hydroxyl groups excluding tert-OH is 2. The first-order valence-corrected chi connectivity index (χ1v) is 11.4. The van der Waals surface area contributed by atoms with Crippen LogP contribution in [0.4, 0.5) is 0 Å². The highest BCUT2D eigenvalue weighted by Gasteiger charge is 2.39. The van der Waals surface area contributed by atoms with E-state index >= 15 is 0 Å². The van der Waals surface area contributed by atoms with Crippen LogP contribution in [0.5, 0.6) is 0 Å². The third-order valence-electron chi connectivity index (χ3n) is 6.04. The number of carboxylic acid groups (broad SMARTS) is 1. The van der Waals surface area contributed by atoms with Gasteiger partial charge >= 0.3 is 5.97 Å². The number of benzene rings is 1. The van der Waals surface area contributed by atoms with Crippen molar-refractivity contribution >= 4 is 11.8 Å². The summed E-state index contributed by atoms with van der Waals surface area (Å²) in [6, 6.07) is 10.2. The maximum absolute atomic E-state index is 12.3. The van der Waals surface area contributed by atoms with Crippen molar-refractivity contribution in [1.82, 2.24) is 0 Å². The lowest BCUT2D eigenvalue weighted by Gasteiger charge is -2.20. The van der Waals surface area contributed by atoms with E-state index in [0.717, 1.165) is 12.8 Å². The van der Waals surface area contributed by atoms with E-state index in [4.69, 9.17) is 5.11 Å². The number of Topliss-reactive ketones (excluding diaryl/α,β-unsaturated/α-hetero) is 1. The predicted molar refractivity (Wildman–Crippen MR) is 122 cm³/mol. The van der Waals surface area contributed by atoms with Gasteiger partial charge in [-0.15, -0.1) is 0 Å². The molecule has 31 heavy (non-hydrogen) atoms. The van der Waals surface area contributed by atoms with Crippen LogP contribution in [0.1, 0.15) is 69.8 Å². The summed E-state index contributed by atoms with van der Waals surface area (Å²) in [5, 5.41) is 29.6. The maximum atomic E-state index is 12.3. The van der Waals surface area contributed by atoms with E-state index in [9.17, 15) is 19.8 Å². The summed E-state index contributed by atoms with van der Waals surface area (Å²) in [6.45, 7) is 2.14. The fourth-order valence-corrected chi connectivity index (χ4v) is 4.38. The van der Waals surface area contributed by atoms with Gasteiger partial charge in [-0.2, -0.15) is 0 Å². The Kier molecular flexibility index (Phi) is 10.7. The Bertz CT molecular complexity index is 739. The molecule has 0 aliphatic heterocycles. The third-order valence-corrected chi connectivity index (χ3v) is 6.04. The molecule has 1 aliphatic rings. The Labute approximate surface area is 185 Å². The molecule has 1 fully saturated rings. The van der Waals surface area contributed by atoms with Gasteiger partial charge in [-0.1, -0.05) is 68.0 Å². The van der Waals surface area contributed by atoms with Crippen LogP contribution in [-0.2, 0) is 9.59 Å². The quantitative estimate of drug-likeness (QED) is 0.314. The van der Waals surface area contributed by atoms with Gasteiger partial charge in [-0.3, -0.25) is 9.59 Å². The van der Waals surface area contributed by atoms with Crippen molar-refractivity contribution in [2.24, 2.45) is 11.8 Å². The molecular weight excluding hydrogens is 392 g/mol. The first-order chi connectivity index (χ1) is 14.9. The molecule has 0 aromatic heterocycles. The van der Waals surface area contributed by atoms with Crippen LogP contribution in [0.3, 0.4) is 0 Å². The minimum Gasteiger partial charge on any atom is -0.481 e. The largest absolute Gasteiger partial charge is 0.481 e. The topological polar surface area (TPSA) is 94.8 Å². The SMILES string of the molecule is CCCC(C[C@H](O)/C=C/[C@H]1[C@H](O)CC(=O)[C@@H]1C/C=C\CCCC(=O)O)c1ccccc1. The van der Waals surface area contributed by atoms with Gasteiger partial charge in [0, 0.05) is 24.7 Å². The van der Waals surface area contributed by atoms with Gasteiger partial charge in [0.05, 0.1) is 12.2 Å². The number of rotatable bonds is 13. The van der Waals surface area contributed by atoms with Crippen molar-refractivity contribution in [3.63, 3.8) is 0 Å². The molecule has 0 radical (unpaired) electrons. The third kappa shape index (κ3) is 8.42. The van der Waals surface area contributed by atoms with Crippen LogP contribution in [0, 0.1) is 11.8 Å². The molecule has 0 bridgehead atoms. The van der Waals surface area contributed by atoms with Crippen molar-refractivity contribution in [2.45, 2.75) is 76.4 Å². The minimum absolute atomic E-state index is 0.0416. The summed E-state index contributed by atoms with van der Waals surface area (Å²) in [4.78, 5) is 22.9. The van der Waals surface area contributed by atoms with Crippen LogP contribution in [0.25, 0.3) is 0 Å². The Morgan fingerprint density at radius 2 is 1.97 bits per heavy atom. The molecule has 1 aromatic rings. The van der Waals surface area contributed by atoms with Crippen LogP contribution in [0.2, 0.25) is 0 Å². The molecule has 1 aromatic carbocycles. The Morgan fingerprint density at radius 1 is 1.23 bits per heavy atom. The van der Waals surface area contributed by atoms with Crippen LogP contribution < -0.4 is 0 Å². The summed E-state index contributed by atoms with van der Waals surface area (Å²) in [5.74, 6) is -1.09. The average Bonchev–Trinajstić information content (AvgIpc) is 3.01. The number of aliphatic hydroxyl groups is 2. The molecule has 170 valence electrons. The summed E-state index contributed by atoms with van der Waals surface area (Å²) < 4.78 is 0. The summed E-state index contributed by atoms with van der Waals surface area (Å²) in [5.41, 5.74) is 1.22. The van der Waals surface area contributed by atoms with E-state index in [1.54, 1.807) is 6.08 Å². The Hall–Kier alpha value is -2.24. The highest BCUT2D eigenvalue weighted by Crippen LogP contribution is 2.34. The second-order valence-electron chi connectivity index (χ2n) is 8.50. The lowest BCUT2D eigenvalue weighted by molar-refractivity contribution is -0.137. The molecule has 1 saturated carbocycles. The molecule has 0 spiro atoms. The molecule has 0 amide bonds. The standard InChI is InChI=1S/C26H36O5/c1-2-10-20(19-11-6-5-7-12-19)17-21(27)15-16-23-22(24(28)18-25(23)29)13-8-3-4-9-14-26(30)31/h3,5-8,11-12,15-16,20-23,25,27,29H,2,4,9-10,13-14,17-18H2,1H3,(H,30,31)/b8-3-,16-15+/t20?,21-,22-,23-,25-/m1/s1. The van der Waals surface area contributed by atoms with Crippen molar-refractivity contribution in [2.75, 3.05) is 0 Å². The number of allylic oxidation sites excluding steroid dienone is 2. The number of carbonyl (C=O) groups excluding carboxylic acids is 1. The van der Waals surface area contributed by atoms with E-state index in [1.165, 1.54) is 5.56 Å². The molecule has 2 rings (SSSR count). The van der Waals surface area contributed by atoms with Crippen LogP contribution in [-0.4, -0.2) is 39.3 Å². The van der Waals surface area contributed by atoms with Crippen LogP contribution >= 0.6 is 0 Å². The smallest absolute Gasteiger partial charge is 0.303 e. The van der Waals surface area contributed by atoms with E-state index in [2.05, 4.69) is 19.1 Å². The van der Waals surface area contributed by atoms with Gasteiger partial charge in [-0.25, -0.2) is 0 Å². The normalized spacial score (nSPS) is 23.6. The lowest BCUT2D eigenvalue weighted by Crippen LogP contribution is -2.19. The summed E-state index contributed by atoms with van der Waals surface area (Å²) >= 11 is 0. The van der Waals surface area contributed by atoms with Gasteiger partial charge in [-0.05, 0) is 43.6 Å². The Morgan fingerprint density at radius 3 is 2.65 bits per heavy atom. The highest BCUT2D eigenvalue weighted by atomic mass is 16.4. The van der Waals surface area contributed by atoms with Gasteiger partial charge in [0.25, 0.3) is 0 Å². The first-order valence-electron chi connectivity index (χ1n) is 11.4. The fraction of sp³-hybridized carbons (Fsp3) is 0.538. The first kappa shape index (κ1) is 25.0. The second-order valence-corrected chi connectivity index (χ2v) is 8.50. The van der Waals surface area contributed by atoms with E-state index in [-0.39, 0.29) is 36.4 Å². The zero-order chi connectivity index (χ0) is 22.6. The molecular formula is C26H36O5. The van der Waals surface area contributed by atoms with Crippen molar-refractivity contribution in [3.05, 3.63) is 60.2 Å². The monoisotopic (exact) mass is 428 g/mol. The highest BCUT2D eigenvalue weighted by molar-refractivity contribution is 5.84. The van der Waals surface area contributed by atoms with Gasteiger partial charge in [0.1, 0.15) is 5.78 Å². The molecule has 0 saturated heterocycles. The number of hydrogen-bond acceptors (Lipinski definition) is 4. The van der Waals surface area contributed by atoms with Gasteiger partial charge in [0.2, 0.25) is 0 Å². The fourth-order valence-electron chi connectivity index (χ4n) is 4.38. The number of ketones is 1. The van der Waals surface area contributed by atoms with E-state index in [0.29, 0.717) is 25.7 Å². The number of aliphatic carboxylic acids is 1. The molecule has 1 aliphatic carbocycles. The number of unbranched alkanes of at least 4 members (excludes halogenated alkanes) is 1. The molecule has 5 heteroatoms. The Balaban J connectivity index is 1.93. The van der Waals surface area contributed by atoms with Crippen LogP contribution in [0.15, 0.2) is 54.6 Å². The van der Waals surface area contributed by atoms with Gasteiger partial charge in [0.15, 0.2) is 0 Å². The number of hydrogen-bond donors (Lipinski definition) is 3. The summed E-state index contributed by atoms with van der Waals surface area (Å²) in [6.07, 6.45) is 10.7. The molecule has 0 heterocycles. The summed E-state index contributed by atoms with van der Waals surface area (Å²) in [7, 11) is 0. The molecule has 1 unspecified atom stereocenters. The molecule has 5 nitrogen and oxygen atoms in total. The van der Waals surface area contributed by atoms with E-state index < -0.39 is 18.2 Å². The number of carboxylic acids is 1. The van der Waals surface area contributed by atoms with E-state index in [1.807, 2.05) is 36.4 Å². The maximum Gasteiger partial charge on any atom is 0.303 e. The zero-order valence-corrected chi connectivity index (χ0v) is 18.4. The minimum atomic E-state index is -0.806. The number of carbonyl (C=O) groups is 2. The lowest BCUT2D eigenvalue weighted by atomic mass is 9.87. The van der Waals surface area contributed by atoms with Crippen molar-refractivity contribution < 1.29 is 24.9 Å². The van der Waals surface area contributed by atoms with Crippen molar-refractivity contribution in [3.8, 4) is 0 Å². The predicted octanol–water partition coefficient (Wildman–Crippen LogP) is 4.64. The molecule has 5 atom stereocenters.